The van der Waals surface area contributed by atoms with Crippen molar-refractivity contribution in [2.75, 3.05) is 26.3 Å². The first-order valence-corrected chi connectivity index (χ1v) is 8.44. The number of thiophene rings is 1. The predicted molar refractivity (Wildman–Crippen MR) is 81.5 cm³/mol. The Morgan fingerprint density at radius 2 is 2.47 bits per heavy atom. The number of hydrogen-bond acceptors (Lipinski definition) is 3. The number of rotatable bonds is 6. The van der Waals surface area contributed by atoms with Crippen LogP contribution in [0.2, 0.25) is 0 Å². The molecule has 0 saturated carbocycles. The average Bonchev–Trinajstić information content (AvgIpc) is 3.04. The highest BCUT2D eigenvalue weighted by Crippen LogP contribution is 2.21. The van der Waals surface area contributed by atoms with Crippen molar-refractivity contribution in [2.24, 2.45) is 5.92 Å². The Bertz CT molecular complexity index is 415. The van der Waals surface area contributed by atoms with Gasteiger partial charge in [-0.1, -0.05) is 0 Å². The van der Waals surface area contributed by atoms with Gasteiger partial charge in [0.15, 0.2) is 0 Å². The van der Waals surface area contributed by atoms with Crippen LogP contribution >= 0.6 is 27.3 Å². The van der Waals surface area contributed by atoms with Crippen molar-refractivity contribution in [1.29, 1.82) is 0 Å². The molecule has 1 aromatic heterocycles. The van der Waals surface area contributed by atoms with Crippen LogP contribution in [-0.4, -0.2) is 37.1 Å². The van der Waals surface area contributed by atoms with Gasteiger partial charge in [0.05, 0.1) is 6.61 Å². The molecule has 1 saturated heterocycles. The van der Waals surface area contributed by atoms with Crippen LogP contribution in [0.15, 0.2) is 15.9 Å². The second-order valence-electron chi connectivity index (χ2n) is 4.89. The number of carbonyl (C=O) groups excluding carboxylic acids is 1. The van der Waals surface area contributed by atoms with Gasteiger partial charge in [0, 0.05) is 46.8 Å². The Labute approximate surface area is 127 Å². The molecule has 0 aliphatic carbocycles. The molecule has 1 atom stereocenters. The van der Waals surface area contributed by atoms with Gasteiger partial charge in [-0.05, 0) is 41.8 Å². The van der Waals surface area contributed by atoms with Crippen molar-refractivity contribution in [2.45, 2.75) is 26.2 Å². The molecule has 1 amide bonds. The van der Waals surface area contributed by atoms with E-state index in [1.54, 1.807) is 11.3 Å². The molecule has 5 heteroatoms. The largest absolute Gasteiger partial charge is 0.381 e. The predicted octanol–water partition coefficient (Wildman–Crippen LogP) is 3.33. The number of nitrogens with zero attached hydrogens (tertiary/aromatic N) is 1. The molecular weight excluding hydrogens is 326 g/mol. The van der Waals surface area contributed by atoms with E-state index < -0.39 is 0 Å². The van der Waals surface area contributed by atoms with Gasteiger partial charge in [-0.3, -0.25) is 4.79 Å². The number of carbonyl (C=O) groups is 1. The minimum Gasteiger partial charge on any atom is -0.381 e. The molecule has 2 heterocycles. The van der Waals surface area contributed by atoms with E-state index in [0.717, 1.165) is 43.6 Å². The molecule has 1 aromatic rings. The van der Waals surface area contributed by atoms with Gasteiger partial charge >= 0.3 is 0 Å². The second-order valence-corrected chi connectivity index (χ2v) is 6.80. The molecule has 3 nitrogen and oxygen atoms in total. The molecule has 19 heavy (non-hydrogen) atoms. The highest BCUT2D eigenvalue weighted by atomic mass is 79.9. The molecule has 0 unspecified atom stereocenters. The van der Waals surface area contributed by atoms with Crippen LogP contribution in [0.25, 0.3) is 0 Å². The summed E-state index contributed by atoms with van der Waals surface area (Å²) in [5.41, 5.74) is 0. The van der Waals surface area contributed by atoms with Crippen molar-refractivity contribution < 1.29 is 9.53 Å². The number of ether oxygens (including phenoxy) is 1. The maximum atomic E-state index is 12.2. The first-order valence-electron chi connectivity index (χ1n) is 6.77. The minimum atomic E-state index is 0.263. The summed E-state index contributed by atoms with van der Waals surface area (Å²) in [6.07, 6.45) is 2.53. The highest BCUT2D eigenvalue weighted by molar-refractivity contribution is 9.10. The van der Waals surface area contributed by atoms with Gasteiger partial charge in [-0.15, -0.1) is 11.3 Å². The lowest BCUT2D eigenvalue weighted by atomic mass is 10.1. The fourth-order valence-corrected chi connectivity index (χ4v) is 3.77. The maximum Gasteiger partial charge on any atom is 0.222 e. The summed E-state index contributed by atoms with van der Waals surface area (Å²) in [6.45, 7) is 5.35. The molecule has 1 aliphatic heterocycles. The van der Waals surface area contributed by atoms with Crippen molar-refractivity contribution >= 4 is 33.2 Å². The molecule has 2 rings (SSSR count). The molecule has 0 aromatic carbocycles. The molecule has 106 valence electrons. The van der Waals surface area contributed by atoms with Crippen molar-refractivity contribution in [3.8, 4) is 0 Å². The summed E-state index contributed by atoms with van der Waals surface area (Å²) in [7, 11) is 0. The van der Waals surface area contributed by atoms with Crippen LogP contribution in [0.3, 0.4) is 0 Å². The fraction of sp³-hybridized carbons (Fsp3) is 0.643. The third-order valence-electron chi connectivity index (χ3n) is 3.44. The summed E-state index contributed by atoms with van der Waals surface area (Å²) in [6, 6.07) is 2.10. The SMILES string of the molecule is CCN(C[C@H]1CCOC1)C(=O)CCc1cc(Br)cs1. The van der Waals surface area contributed by atoms with Gasteiger partial charge in [0.25, 0.3) is 0 Å². The normalized spacial score (nSPS) is 18.7. The van der Waals surface area contributed by atoms with Gasteiger partial charge in [0.1, 0.15) is 0 Å². The van der Waals surface area contributed by atoms with Crippen LogP contribution in [0.4, 0.5) is 0 Å². The van der Waals surface area contributed by atoms with E-state index in [4.69, 9.17) is 4.74 Å². The van der Waals surface area contributed by atoms with Gasteiger partial charge < -0.3 is 9.64 Å². The first-order chi connectivity index (χ1) is 9.19. The number of halogens is 1. The monoisotopic (exact) mass is 345 g/mol. The van der Waals surface area contributed by atoms with Crippen molar-refractivity contribution in [3.63, 3.8) is 0 Å². The number of aryl methyl sites for hydroxylation is 1. The standard InChI is InChI=1S/C14H20BrNO2S/c1-2-16(8-11-5-6-18-9-11)14(17)4-3-13-7-12(15)10-19-13/h7,10-11H,2-6,8-9H2,1H3/t11-/m1/s1. The topological polar surface area (TPSA) is 29.5 Å². The summed E-state index contributed by atoms with van der Waals surface area (Å²) in [5.74, 6) is 0.790. The zero-order valence-electron chi connectivity index (χ0n) is 11.2. The van der Waals surface area contributed by atoms with E-state index >= 15 is 0 Å². The van der Waals surface area contributed by atoms with Crippen LogP contribution in [0, 0.1) is 5.92 Å². The molecule has 1 aliphatic rings. The Morgan fingerprint density at radius 1 is 1.63 bits per heavy atom. The van der Waals surface area contributed by atoms with Gasteiger partial charge in [-0.25, -0.2) is 0 Å². The van der Waals surface area contributed by atoms with E-state index in [0.29, 0.717) is 12.3 Å². The average molecular weight is 346 g/mol. The van der Waals surface area contributed by atoms with E-state index in [9.17, 15) is 4.79 Å². The maximum absolute atomic E-state index is 12.2. The van der Waals surface area contributed by atoms with Crippen molar-refractivity contribution in [1.82, 2.24) is 4.90 Å². The van der Waals surface area contributed by atoms with Crippen LogP contribution in [0.5, 0.6) is 0 Å². The third kappa shape index (κ3) is 4.58. The number of amides is 1. The van der Waals surface area contributed by atoms with Gasteiger partial charge in [0.2, 0.25) is 5.91 Å². The van der Waals surface area contributed by atoms with Crippen molar-refractivity contribution in [3.05, 3.63) is 20.8 Å². The minimum absolute atomic E-state index is 0.263. The Morgan fingerprint density at radius 3 is 3.05 bits per heavy atom. The Balaban J connectivity index is 1.79. The van der Waals surface area contributed by atoms with E-state index in [1.165, 1.54) is 4.88 Å². The molecule has 0 N–H and O–H groups in total. The zero-order valence-corrected chi connectivity index (χ0v) is 13.6. The van der Waals surface area contributed by atoms with Crippen LogP contribution < -0.4 is 0 Å². The Kier molecular flexibility index (Phi) is 5.85. The second kappa shape index (κ2) is 7.41. The molecular formula is C14H20BrNO2S. The highest BCUT2D eigenvalue weighted by Gasteiger charge is 2.21. The fourth-order valence-electron chi connectivity index (χ4n) is 2.32. The van der Waals surface area contributed by atoms with E-state index in [1.807, 2.05) is 4.90 Å². The van der Waals surface area contributed by atoms with E-state index in [2.05, 4.69) is 34.3 Å². The lowest BCUT2D eigenvalue weighted by molar-refractivity contribution is -0.131. The lowest BCUT2D eigenvalue weighted by Gasteiger charge is -2.23. The molecule has 0 spiro atoms. The number of hydrogen-bond donors (Lipinski definition) is 0. The quantitative estimate of drug-likeness (QED) is 0.791. The lowest BCUT2D eigenvalue weighted by Crippen LogP contribution is -2.35. The van der Waals surface area contributed by atoms with E-state index in [-0.39, 0.29) is 5.91 Å². The summed E-state index contributed by atoms with van der Waals surface area (Å²) < 4.78 is 6.48. The molecule has 0 bridgehead atoms. The molecule has 0 radical (unpaired) electrons. The zero-order chi connectivity index (χ0) is 13.7. The Hall–Kier alpha value is -0.390. The third-order valence-corrected chi connectivity index (χ3v) is 5.20. The van der Waals surface area contributed by atoms with Gasteiger partial charge in [-0.2, -0.15) is 0 Å². The first kappa shape index (κ1) is 15.0. The van der Waals surface area contributed by atoms with Crippen LogP contribution in [0.1, 0.15) is 24.6 Å². The summed E-state index contributed by atoms with van der Waals surface area (Å²) in [4.78, 5) is 15.5. The molecule has 1 fully saturated rings. The smallest absolute Gasteiger partial charge is 0.222 e. The van der Waals surface area contributed by atoms with Crippen LogP contribution in [-0.2, 0) is 16.0 Å². The summed E-state index contributed by atoms with van der Waals surface area (Å²) >= 11 is 5.15. The summed E-state index contributed by atoms with van der Waals surface area (Å²) in [5, 5.41) is 2.06.